The lowest BCUT2D eigenvalue weighted by Gasteiger charge is -2.19. The first kappa shape index (κ1) is 14.9. The molecule has 0 fully saturated rings. The highest BCUT2D eigenvalue weighted by Gasteiger charge is 2.32. The molecule has 1 atom stereocenters. The summed E-state index contributed by atoms with van der Waals surface area (Å²) in [6, 6.07) is 7.97. The van der Waals surface area contributed by atoms with Gasteiger partial charge < -0.3 is 5.32 Å². The Morgan fingerprint density at radius 2 is 1.95 bits per heavy atom. The molecular formula is C13H15N3O2S2. The van der Waals surface area contributed by atoms with Gasteiger partial charge in [0.05, 0.1) is 0 Å². The van der Waals surface area contributed by atoms with E-state index in [0.717, 1.165) is 10.5 Å². The minimum absolute atomic E-state index is 0.156. The monoisotopic (exact) mass is 309 g/mol. The van der Waals surface area contributed by atoms with Gasteiger partial charge in [-0.05, 0) is 24.0 Å². The Balaban J connectivity index is 2.22. The Bertz CT molecular complexity index is 557. The first-order valence-electron chi connectivity index (χ1n) is 5.98. The normalized spacial score (nSPS) is 17.9. The van der Waals surface area contributed by atoms with E-state index in [0.29, 0.717) is 5.17 Å². The second kappa shape index (κ2) is 6.32. The van der Waals surface area contributed by atoms with Crippen molar-refractivity contribution in [1.29, 1.82) is 0 Å². The fourth-order valence-corrected chi connectivity index (χ4v) is 3.29. The van der Waals surface area contributed by atoms with Gasteiger partial charge in [0.2, 0.25) is 11.8 Å². The molecule has 106 valence electrons. The van der Waals surface area contributed by atoms with Crippen molar-refractivity contribution in [2.24, 2.45) is 5.10 Å². The standard InChI is InChI=1S/C13H15N3O2S2/c1-8(17)14-13-15-16(9(2)18)12(20-13)10-4-6-11(19-3)7-5-10/h4-7,12H,1-3H3,(H,14,15,17). The number of amidine groups is 1. The second-order valence-corrected chi connectivity index (χ2v) is 6.14. The molecule has 1 aromatic carbocycles. The van der Waals surface area contributed by atoms with E-state index in [9.17, 15) is 9.59 Å². The third-order valence-corrected chi connectivity index (χ3v) is 4.50. The predicted octanol–water partition coefficient (Wildman–Crippen LogP) is 2.41. The number of carbonyl (C=O) groups excluding carboxylic acids is 2. The molecule has 0 saturated carbocycles. The topological polar surface area (TPSA) is 61.8 Å². The van der Waals surface area contributed by atoms with Gasteiger partial charge in [0.1, 0.15) is 5.37 Å². The highest BCUT2D eigenvalue weighted by molar-refractivity contribution is 8.14. The van der Waals surface area contributed by atoms with Gasteiger partial charge in [-0.2, -0.15) is 0 Å². The van der Waals surface area contributed by atoms with Gasteiger partial charge in [-0.25, -0.2) is 5.01 Å². The van der Waals surface area contributed by atoms with Crippen LogP contribution in [0.2, 0.25) is 0 Å². The molecule has 1 aromatic rings. The molecule has 0 bridgehead atoms. The van der Waals surface area contributed by atoms with Crippen LogP contribution in [0.15, 0.2) is 34.3 Å². The molecule has 2 amide bonds. The summed E-state index contributed by atoms with van der Waals surface area (Å²) in [6.07, 6.45) is 2.01. The number of rotatable bonds is 2. The molecule has 0 radical (unpaired) electrons. The van der Waals surface area contributed by atoms with Crippen LogP contribution in [-0.2, 0) is 9.59 Å². The van der Waals surface area contributed by atoms with E-state index in [1.165, 1.54) is 30.6 Å². The third kappa shape index (κ3) is 3.34. The number of hydrazone groups is 1. The Labute approximate surface area is 126 Å². The summed E-state index contributed by atoms with van der Waals surface area (Å²) in [5, 5.41) is 8.39. The molecule has 0 aliphatic carbocycles. The van der Waals surface area contributed by atoms with Crippen molar-refractivity contribution in [1.82, 2.24) is 10.3 Å². The molecule has 0 spiro atoms. The van der Waals surface area contributed by atoms with Gasteiger partial charge in [-0.3, -0.25) is 9.59 Å². The van der Waals surface area contributed by atoms with Gasteiger partial charge in [0, 0.05) is 18.7 Å². The van der Waals surface area contributed by atoms with Crippen molar-refractivity contribution in [2.45, 2.75) is 24.1 Å². The molecule has 1 aliphatic rings. The van der Waals surface area contributed by atoms with E-state index < -0.39 is 0 Å². The SMILES string of the molecule is CSc1ccc(C2SC(NC(C)=O)=NN2C(C)=O)cc1. The Hall–Kier alpha value is -1.47. The first-order valence-corrected chi connectivity index (χ1v) is 8.08. The van der Waals surface area contributed by atoms with Crippen molar-refractivity contribution in [3.8, 4) is 0 Å². The Morgan fingerprint density at radius 1 is 1.30 bits per heavy atom. The number of amides is 2. The van der Waals surface area contributed by atoms with Gasteiger partial charge in [0.15, 0.2) is 5.17 Å². The molecule has 2 rings (SSSR count). The van der Waals surface area contributed by atoms with Crippen molar-refractivity contribution >= 4 is 40.5 Å². The summed E-state index contributed by atoms with van der Waals surface area (Å²) in [7, 11) is 0. The largest absolute Gasteiger partial charge is 0.304 e. The van der Waals surface area contributed by atoms with Crippen LogP contribution in [0.1, 0.15) is 24.8 Å². The molecule has 1 N–H and O–H groups in total. The Kier molecular flexibility index (Phi) is 4.72. The molecule has 1 unspecified atom stereocenters. The minimum atomic E-state index is -0.231. The predicted molar refractivity (Wildman–Crippen MR) is 82.3 cm³/mol. The molecule has 0 aromatic heterocycles. The lowest BCUT2D eigenvalue weighted by atomic mass is 10.2. The van der Waals surface area contributed by atoms with Crippen LogP contribution in [0.4, 0.5) is 0 Å². The maximum Gasteiger partial charge on any atom is 0.241 e. The fourth-order valence-electron chi connectivity index (χ4n) is 1.75. The summed E-state index contributed by atoms with van der Waals surface area (Å²) < 4.78 is 0. The van der Waals surface area contributed by atoms with E-state index >= 15 is 0 Å². The average molecular weight is 309 g/mol. The lowest BCUT2D eigenvalue weighted by molar-refractivity contribution is -0.129. The molecule has 5 nitrogen and oxygen atoms in total. The zero-order valence-electron chi connectivity index (χ0n) is 11.4. The van der Waals surface area contributed by atoms with E-state index in [-0.39, 0.29) is 17.2 Å². The smallest absolute Gasteiger partial charge is 0.241 e. The fraction of sp³-hybridized carbons (Fsp3) is 0.308. The number of hydrogen-bond donors (Lipinski definition) is 1. The van der Waals surface area contributed by atoms with Gasteiger partial charge >= 0.3 is 0 Å². The van der Waals surface area contributed by atoms with Crippen molar-refractivity contribution < 1.29 is 9.59 Å². The van der Waals surface area contributed by atoms with E-state index in [2.05, 4.69) is 10.4 Å². The van der Waals surface area contributed by atoms with Gasteiger partial charge in [-0.1, -0.05) is 23.9 Å². The van der Waals surface area contributed by atoms with E-state index in [1.54, 1.807) is 11.8 Å². The van der Waals surface area contributed by atoms with Crippen molar-refractivity contribution in [3.63, 3.8) is 0 Å². The molecular weight excluding hydrogens is 294 g/mol. The highest BCUT2D eigenvalue weighted by Crippen LogP contribution is 2.38. The maximum absolute atomic E-state index is 11.7. The Morgan fingerprint density at radius 3 is 2.45 bits per heavy atom. The number of nitrogens with one attached hydrogen (secondary N) is 1. The summed E-state index contributed by atoms with van der Waals surface area (Å²) in [4.78, 5) is 23.9. The van der Waals surface area contributed by atoms with Crippen molar-refractivity contribution in [3.05, 3.63) is 29.8 Å². The second-order valence-electron chi connectivity index (χ2n) is 4.19. The van der Waals surface area contributed by atoms with Crippen LogP contribution in [0.25, 0.3) is 0 Å². The molecule has 1 heterocycles. The summed E-state index contributed by atoms with van der Waals surface area (Å²) in [5.74, 6) is -0.352. The van der Waals surface area contributed by atoms with Crippen LogP contribution >= 0.6 is 23.5 Å². The first-order chi connectivity index (χ1) is 9.51. The highest BCUT2D eigenvalue weighted by atomic mass is 32.2. The van der Waals surface area contributed by atoms with Gasteiger partial charge in [0.25, 0.3) is 0 Å². The van der Waals surface area contributed by atoms with Crippen LogP contribution in [0.5, 0.6) is 0 Å². The minimum Gasteiger partial charge on any atom is -0.304 e. The van der Waals surface area contributed by atoms with E-state index in [4.69, 9.17) is 0 Å². The van der Waals surface area contributed by atoms with Crippen molar-refractivity contribution in [2.75, 3.05) is 6.26 Å². The molecule has 1 aliphatic heterocycles. The molecule has 0 saturated heterocycles. The number of benzene rings is 1. The third-order valence-electron chi connectivity index (χ3n) is 2.65. The van der Waals surface area contributed by atoms with Crippen LogP contribution in [0.3, 0.4) is 0 Å². The summed E-state index contributed by atoms with van der Waals surface area (Å²) in [6.45, 7) is 2.88. The summed E-state index contributed by atoms with van der Waals surface area (Å²) >= 11 is 3.02. The zero-order chi connectivity index (χ0) is 14.7. The lowest BCUT2D eigenvalue weighted by Crippen LogP contribution is -2.25. The number of carbonyl (C=O) groups is 2. The number of hydrogen-bond acceptors (Lipinski definition) is 5. The van der Waals surface area contributed by atoms with E-state index in [1.807, 2.05) is 30.5 Å². The maximum atomic E-state index is 11.7. The number of thioether (sulfide) groups is 2. The average Bonchev–Trinajstić information content (AvgIpc) is 2.82. The molecule has 7 heteroatoms. The number of nitrogens with zero attached hydrogens (tertiary/aromatic N) is 2. The summed E-state index contributed by atoms with van der Waals surface area (Å²) in [5.41, 5.74) is 0.979. The quantitative estimate of drug-likeness (QED) is 0.852. The van der Waals surface area contributed by atoms with Crippen LogP contribution in [-0.4, -0.2) is 28.2 Å². The molecule has 20 heavy (non-hydrogen) atoms. The van der Waals surface area contributed by atoms with Gasteiger partial charge in [-0.15, -0.1) is 16.9 Å². The van der Waals surface area contributed by atoms with Crippen LogP contribution in [0, 0.1) is 0 Å². The zero-order valence-corrected chi connectivity index (χ0v) is 13.0. The van der Waals surface area contributed by atoms with Crippen LogP contribution < -0.4 is 5.32 Å².